The molecule has 0 fully saturated rings. The lowest BCUT2D eigenvalue weighted by molar-refractivity contribution is 0.199. The van der Waals surface area contributed by atoms with Crippen molar-refractivity contribution in [1.29, 1.82) is 0 Å². The predicted molar refractivity (Wildman–Crippen MR) is 56.5 cm³/mol. The molecule has 0 aliphatic rings. The Labute approximate surface area is 78.1 Å². The van der Waals surface area contributed by atoms with Crippen molar-refractivity contribution in [2.75, 3.05) is 13.6 Å². The zero-order valence-electron chi connectivity index (χ0n) is 9.43. The molecule has 0 aliphatic heterocycles. The van der Waals surface area contributed by atoms with Crippen molar-refractivity contribution in [3.05, 3.63) is 0 Å². The van der Waals surface area contributed by atoms with Gasteiger partial charge in [-0.1, -0.05) is 33.6 Å². The average molecular weight is 171 g/mol. The van der Waals surface area contributed by atoms with Gasteiger partial charge >= 0.3 is 0 Å². The Morgan fingerprint density at radius 1 is 1.17 bits per heavy atom. The fourth-order valence-electron chi connectivity index (χ4n) is 1.49. The summed E-state index contributed by atoms with van der Waals surface area (Å²) in [6.45, 7) is 10.4. The lowest BCUT2D eigenvalue weighted by Gasteiger charge is -2.28. The largest absolute Gasteiger partial charge is 0.304 e. The van der Waals surface area contributed by atoms with Crippen LogP contribution in [0.1, 0.15) is 47.0 Å². The first-order valence-electron chi connectivity index (χ1n) is 5.33. The first kappa shape index (κ1) is 12.0. The van der Waals surface area contributed by atoms with Gasteiger partial charge in [0, 0.05) is 6.04 Å². The van der Waals surface area contributed by atoms with Gasteiger partial charge in [0.1, 0.15) is 0 Å². The van der Waals surface area contributed by atoms with Gasteiger partial charge in [0.05, 0.1) is 0 Å². The number of rotatable bonds is 6. The van der Waals surface area contributed by atoms with Crippen LogP contribution in [0.25, 0.3) is 0 Å². The van der Waals surface area contributed by atoms with Crippen LogP contribution in [-0.2, 0) is 0 Å². The van der Waals surface area contributed by atoms with Crippen LogP contribution in [-0.4, -0.2) is 24.5 Å². The molecule has 12 heavy (non-hydrogen) atoms. The van der Waals surface area contributed by atoms with E-state index >= 15 is 0 Å². The molecule has 0 saturated carbocycles. The maximum atomic E-state index is 2.43. The third-order valence-electron chi connectivity index (χ3n) is 3.03. The standard InChI is InChI=1S/C11H25N/c1-6-8-9-10(3)11(4)12(5)7-2/h10-11H,6-9H2,1-5H3. The van der Waals surface area contributed by atoms with E-state index < -0.39 is 0 Å². The highest BCUT2D eigenvalue weighted by molar-refractivity contribution is 4.68. The van der Waals surface area contributed by atoms with Crippen LogP contribution in [0.5, 0.6) is 0 Å². The van der Waals surface area contributed by atoms with Crippen molar-refractivity contribution < 1.29 is 0 Å². The molecule has 0 aromatic carbocycles. The molecule has 1 heteroatoms. The number of hydrogen-bond donors (Lipinski definition) is 0. The summed E-state index contributed by atoms with van der Waals surface area (Å²) in [5, 5.41) is 0. The Hall–Kier alpha value is -0.0400. The van der Waals surface area contributed by atoms with E-state index in [1.54, 1.807) is 0 Å². The summed E-state index contributed by atoms with van der Waals surface area (Å²) in [5.41, 5.74) is 0. The van der Waals surface area contributed by atoms with E-state index in [1.807, 2.05) is 0 Å². The smallest absolute Gasteiger partial charge is 0.00893 e. The third-order valence-corrected chi connectivity index (χ3v) is 3.03. The third kappa shape index (κ3) is 4.10. The van der Waals surface area contributed by atoms with Crippen LogP contribution in [0, 0.1) is 5.92 Å². The molecular formula is C11H25N. The van der Waals surface area contributed by atoms with Crippen LogP contribution in [0.4, 0.5) is 0 Å². The Morgan fingerprint density at radius 2 is 1.75 bits per heavy atom. The topological polar surface area (TPSA) is 3.24 Å². The lowest BCUT2D eigenvalue weighted by Crippen LogP contribution is -2.34. The van der Waals surface area contributed by atoms with Crippen LogP contribution in [0.3, 0.4) is 0 Å². The molecule has 0 heterocycles. The summed E-state index contributed by atoms with van der Waals surface area (Å²) in [6.07, 6.45) is 4.08. The maximum absolute atomic E-state index is 2.43. The van der Waals surface area contributed by atoms with Crippen molar-refractivity contribution >= 4 is 0 Å². The van der Waals surface area contributed by atoms with Crippen LogP contribution >= 0.6 is 0 Å². The molecule has 2 unspecified atom stereocenters. The van der Waals surface area contributed by atoms with Gasteiger partial charge in [0.25, 0.3) is 0 Å². The van der Waals surface area contributed by atoms with Crippen LogP contribution in [0.15, 0.2) is 0 Å². The molecule has 0 amide bonds. The Bertz CT molecular complexity index is 101. The minimum atomic E-state index is 0.738. The summed E-state index contributed by atoms with van der Waals surface area (Å²) >= 11 is 0. The molecule has 0 rings (SSSR count). The van der Waals surface area contributed by atoms with Gasteiger partial charge in [-0.05, 0) is 32.9 Å². The number of unbranched alkanes of at least 4 members (excludes halogenated alkanes) is 1. The van der Waals surface area contributed by atoms with E-state index in [4.69, 9.17) is 0 Å². The Morgan fingerprint density at radius 3 is 2.17 bits per heavy atom. The van der Waals surface area contributed by atoms with Crippen LogP contribution in [0.2, 0.25) is 0 Å². The van der Waals surface area contributed by atoms with E-state index in [0.717, 1.165) is 18.5 Å². The highest BCUT2D eigenvalue weighted by atomic mass is 15.1. The average Bonchev–Trinajstić information content (AvgIpc) is 2.11. The van der Waals surface area contributed by atoms with Crippen molar-refractivity contribution in [1.82, 2.24) is 4.90 Å². The molecule has 2 atom stereocenters. The molecule has 0 saturated heterocycles. The summed E-state index contributed by atoms with van der Waals surface area (Å²) in [5.74, 6) is 0.842. The van der Waals surface area contributed by atoms with Gasteiger partial charge in [0.2, 0.25) is 0 Å². The zero-order valence-corrected chi connectivity index (χ0v) is 9.43. The molecule has 0 aliphatic carbocycles. The fourth-order valence-corrected chi connectivity index (χ4v) is 1.49. The summed E-state index contributed by atoms with van der Waals surface area (Å²) in [6, 6.07) is 0.738. The van der Waals surface area contributed by atoms with Gasteiger partial charge in [0.15, 0.2) is 0 Å². The molecule has 0 spiro atoms. The Balaban J connectivity index is 3.67. The van der Waals surface area contributed by atoms with Crippen molar-refractivity contribution in [3.63, 3.8) is 0 Å². The van der Waals surface area contributed by atoms with Crippen molar-refractivity contribution in [2.24, 2.45) is 5.92 Å². The normalized spacial score (nSPS) is 16.5. The number of hydrogen-bond acceptors (Lipinski definition) is 1. The highest BCUT2D eigenvalue weighted by Crippen LogP contribution is 2.15. The van der Waals surface area contributed by atoms with E-state index in [1.165, 1.54) is 19.3 Å². The van der Waals surface area contributed by atoms with Gasteiger partial charge in [-0.2, -0.15) is 0 Å². The zero-order chi connectivity index (χ0) is 9.56. The van der Waals surface area contributed by atoms with Gasteiger partial charge in [-0.3, -0.25) is 0 Å². The van der Waals surface area contributed by atoms with Crippen LogP contribution < -0.4 is 0 Å². The second-order valence-corrected chi connectivity index (χ2v) is 3.93. The molecule has 74 valence electrons. The molecule has 1 nitrogen and oxygen atoms in total. The maximum Gasteiger partial charge on any atom is 0.00893 e. The molecule has 0 bridgehead atoms. The summed E-state index contributed by atoms with van der Waals surface area (Å²) in [7, 11) is 2.22. The van der Waals surface area contributed by atoms with Gasteiger partial charge in [-0.25, -0.2) is 0 Å². The SMILES string of the molecule is CCCCC(C)C(C)N(C)CC. The van der Waals surface area contributed by atoms with Crippen molar-refractivity contribution in [2.45, 2.75) is 53.0 Å². The second-order valence-electron chi connectivity index (χ2n) is 3.93. The minimum absolute atomic E-state index is 0.738. The lowest BCUT2D eigenvalue weighted by atomic mass is 9.96. The second kappa shape index (κ2) is 6.47. The molecular weight excluding hydrogens is 146 g/mol. The van der Waals surface area contributed by atoms with Crippen molar-refractivity contribution in [3.8, 4) is 0 Å². The molecule has 0 aromatic rings. The Kier molecular flexibility index (Phi) is 6.45. The van der Waals surface area contributed by atoms with E-state index in [2.05, 4.69) is 39.6 Å². The number of nitrogens with zero attached hydrogens (tertiary/aromatic N) is 1. The van der Waals surface area contributed by atoms with E-state index in [0.29, 0.717) is 0 Å². The first-order valence-corrected chi connectivity index (χ1v) is 5.33. The van der Waals surface area contributed by atoms with Gasteiger partial charge in [-0.15, -0.1) is 0 Å². The predicted octanol–water partition coefficient (Wildman–Crippen LogP) is 3.15. The highest BCUT2D eigenvalue weighted by Gasteiger charge is 2.14. The summed E-state index contributed by atoms with van der Waals surface area (Å²) < 4.78 is 0. The monoisotopic (exact) mass is 171 g/mol. The first-order chi connectivity index (χ1) is 5.63. The summed E-state index contributed by atoms with van der Waals surface area (Å²) in [4.78, 5) is 2.43. The van der Waals surface area contributed by atoms with E-state index in [-0.39, 0.29) is 0 Å². The molecule has 0 radical (unpaired) electrons. The minimum Gasteiger partial charge on any atom is -0.304 e. The molecule has 0 aromatic heterocycles. The molecule has 0 N–H and O–H groups in total. The van der Waals surface area contributed by atoms with Gasteiger partial charge < -0.3 is 4.90 Å². The van der Waals surface area contributed by atoms with E-state index in [9.17, 15) is 0 Å². The quantitative estimate of drug-likeness (QED) is 0.593. The fraction of sp³-hybridized carbons (Fsp3) is 1.00.